The third-order valence-electron chi connectivity index (χ3n) is 3.37. The van der Waals surface area contributed by atoms with Gasteiger partial charge in [0.2, 0.25) is 0 Å². The molecule has 0 aliphatic rings. The largest absolute Gasteiger partial charge is 0.367 e. The lowest BCUT2D eigenvalue weighted by atomic mass is 10.2. The summed E-state index contributed by atoms with van der Waals surface area (Å²) in [6.45, 7) is 8.49. The van der Waals surface area contributed by atoms with Crippen LogP contribution in [0.3, 0.4) is 0 Å². The van der Waals surface area contributed by atoms with Crippen molar-refractivity contribution in [1.29, 1.82) is 0 Å². The van der Waals surface area contributed by atoms with Crippen molar-refractivity contribution in [3.63, 3.8) is 0 Å². The van der Waals surface area contributed by atoms with Crippen LogP contribution in [0.4, 0.5) is 5.69 Å². The zero-order valence-electron chi connectivity index (χ0n) is 12.4. The smallest absolute Gasteiger partial charge is 0.0522 e. The van der Waals surface area contributed by atoms with Gasteiger partial charge in [-0.2, -0.15) is 0 Å². The molecule has 0 atom stereocenters. The van der Waals surface area contributed by atoms with E-state index in [4.69, 9.17) is 0 Å². The Morgan fingerprint density at radius 1 is 1.10 bits per heavy atom. The van der Waals surface area contributed by atoms with Gasteiger partial charge in [-0.1, -0.05) is 25.1 Å². The van der Waals surface area contributed by atoms with Crippen LogP contribution in [0.15, 0.2) is 41.8 Å². The third kappa shape index (κ3) is 4.36. The summed E-state index contributed by atoms with van der Waals surface area (Å²) in [5.74, 6) is 0. The second-order valence-corrected chi connectivity index (χ2v) is 5.97. The minimum absolute atomic E-state index is 0.963. The van der Waals surface area contributed by atoms with Crippen molar-refractivity contribution in [3.8, 4) is 0 Å². The van der Waals surface area contributed by atoms with Crippen LogP contribution in [0.5, 0.6) is 0 Å². The maximum atomic E-state index is 3.44. The summed E-state index contributed by atoms with van der Waals surface area (Å²) in [5.41, 5.74) is 2.66. The summed E-state index contributed by atoms with van der Waals surface area (Å²) in [7, 11) is 0. The van der Waals surface area contributed by atoms with E-state index in [1.165, 1.54) is 22.5 Å². The molecule has 0 unspecified atom stereocenters. The van der Waals surface area contributed by atoms with E-state index in [2.05, 4.69) is 65.8 Å². The highest BCUT2D eigenvalue weighted by Gasteiger charge is 2.06. The lowest BCUT2D eigenvalue weighted by Crippen LogP contribution is -2.21. The van der Waals surface area contributed by atoms with Crippen LogP contribution >= 0.6 is 11.3 Å². The second-order valence-electron chi connectivity index (χ2n) is 4.94. The molecule has 0 aliphatic carbocycles. The molecule has 2 nitrogen and oxygen atoms in total. The van der Waals surface area contributed by atoms with E-state index in [9.17, 15) is 0 Å². The zero-order valence-corrected chi connectivity index (χ0v) is 13.2. The predicted molar refractivity (Wildman–Crippen MR) is 89.5 cm³/mol. The van der Waals surface area contributed by atoms with Gasteiger partial charge in [0.25, 0.3) is 0 Å². The normalized spacial score (nSPS) is 10.7. The Morgan fingerprint density at radius 3 is 2.50 bits per heavy atom. The van der Waals surface area contributed by atoms with Gasteiger partial charge in [-0.05, 0) is 49.0 Å². The quantitative estimate of drug-likeness (QED) is 0.730. The molecule has 3 heteroatoms. The zero-order chi connectivity index (χ0) is 14.2. The monoisotopic (exact) mass is 288 g/mol. The van der Waals surface area contributed by atoms with Crippen molar-refractivity contribution in [1.82, 2.24) is 5.32 Å². The van der Waals surface area contributed by atoms with E-state index in [0.29, 0.717) is 0 Å². The summed E-state index contributed by atoms with van der Waals surface area (Å²) in [6.07, 6.45) is 1.18. The first-order valence-electron chi connectivity index (χ1n) is 7.40. The molecule has 0 aliphatic heterocycles. The van der Waals surface area contributed by atoms with Crippen molar-refractivity contribution < 1.29 is 0 Å². The van der Waals surface area contributed by atoms with Gasteiger partial charge in [0.05, 0.1) is 6.54 Å². The average Bonchev–Trinajstić information content (AvgIpc) is 2.99. The summed E-state index contributed by atoms with van der Waals surface area (Å²) in [4.78, 5) is 3.83. The van der Waals surface area contributed by atoms with Gasteiger partial charge in [0, 0.05) is 23.7 Å². The Labute approximate surface area is 126 Å². The van der Waals surface area contributed by atoms with Gasteiger partial charge < -0.3 is 10.2 Å². The van der Waals surface area contributed by atoms with E-state index in [0.717, 1.165) is 26.2 Å². The molecule has 0 fully saturated rings. The molecule has 0 amide bonds. The minimum atomic E-state index is 0.963. The van der Waals surface area contributed by atoms with E-state index in [-0.39, 0.29) is 0 Å². The lowest BCUT2D eigenvalue weighted by Gasteiger charge is -2.22. The fourth-order valence-corrected chi connectivity index (χ4v) is 2.93. The predicted octanol–water partition coefficient (Wildman–Crippen LogP) is 4.27. The molecule has 0 radical (unpaired) electrons. The van der Waals surface area contributed by atoms with Gasteiger partial charge in [0.15, 0.2) is 0 Å². The van der Waals surface area contributed by atoms with Gasteiger partial charge in [-0.15, -0.1) is 11.3 Å². The van der Waals surface area contributed by atoms with Crippen molar-refractivity contribution in [2.45, 2.75) is 33.4 Å². The van der Waals surface area contributed by atoms with Crippen LogP contribution in [0.25, 0.3) is 0 Å². The Morgan fingerprint density at radius 2 is 1.90 bits per heavy atom. The molecule has 0 saturated carbocycles. The third-order valence-corrected chi connectivity index (χ3v) is 4.23. The first kappa shape index (κ1) is 15.1. The van der Waals surface area contributed by atoms with Crippen LogP contribution < -0.4 is 10.2 Å². The molecular weight excluding hydrogens is 264 g/mol. The number of thiophene rings is 1. The van der Waals surface area contributed by atoms with Gasteiger partial charge in [-0.25, -0.2) is 0 Å². The van der Waals surface area contributed by atoms with Gasteiger partial charge in [-0.3, -0.25) is 0 Å². The van der Waals surface area contributed by atoms with Crippen LogP contribution in [0, 0.1) is 0 Å². The fraction of sp³-hybridized carbons (Fsp3) is 0.412. The molecular formula is C17H24N2S. The number of benzene rings is 1. The minimum Gasteiger partial charge on any atom is -0.367 e. The summed E-state index contributed by atoms with van der Waals surface area (Å²) in [5, 5.41) is 5.58. The van der Waals surface area contributed by atoms with Crippen LogP contribution in [0.2, 0.25) is 0 Å². The fourth-order valence-electron chi connectivity index (χ4n) is 2.21. The van der Waals surface area contributed by atoms with E-state index >= 15 is 0 Å². The molecule has 2 aromatic rings. The Bertz CT molecular complexity index is 476. The number of rotatable bonds is 8. The van der Waals surface area contributed by atoms with Gasteiger partial charge in [0.1, 0.15) is 0 Å². The topological polar surface area (TPSA) is 15.3 Å². The maximum Gasteiger partial charge on any atom is 0.0522 e. The van der Waals surface area contributed by atoms with Crippen molar-refractivity contribution >= 4 is 17.0 Å². The van der Waals surface area contributed by atoms with Crippen LogP contribution in [0.1, 0.15) is 30.7 Å². The molecule has 0 spiro atoms. The summed E-state index contributed by atoms with van der Waals surface area (Å²) in [6, 6.07) is 13.3. The Hall–Kier alpha value is -1.32. The summed E-state index contributed by atoms with van der Waals surface area (Å²) >= 11 is 1.83. The van der Waals surface area contributed by atoms with Gasteiger partial charge >= 0.3 is 0 Å². The molecule has 0 bridgehead atoms. The standard InChI is InChI=1S/C17H24N2S/c1-3-11-18-13-15-7-9-16(10-8-15)19(4-2)14-17-6-5-12-20-17/h5-10,12,18H,3-4,11,13-14H2,1-2H3. The number of nitrogens with one attached hydrogen (secondary N) is 1. The molecule has 2 rings (SSSR count). The number of anilines is 1. The molecule has 108 valence electrons. The highest BCUT2D eigenvalue weighted by molar-refractivity contribution is 7.09. The number of hydrogen-bond donors (Lipinski definition) is 1. The first-order valence-corrected chi connectivity index (χ1v) is 8.28. The van der Waals surface area contributed by atoms with Crippen LogP contribution in [-0.2, 0) is 13.1 Å². The average molecular weight is 288 g/mol. The SMILES string of the molecule is CCCNCc1ccc(N(CC)Cc2cccs2)cc1. The molecule has 20 heavy (non-hydrogen) atoms. The number of nitrogens with zero attached hydrogens (tertiary/aromatic N) is 1. The Balaban J connectivity index is 1.96. The van der Waals surface area contributed by atoms with Crippen molar-refractivity contribution in [3.05, 3.63) is 52.2 Å². The molecule has 1 heterocycles. The highest BCUT2D eigenvalue weighted by atomic mass is 32.1. The van der Waals surface area contributed by atoms with Crippen molar-refractivity contribution in [2.24, 2.45) is 0 Å². The van der Waals surface area contributed by atoms with Crippen LogP contribution in [-0.4, -0.2) is 13.1 Å². The lowest BCUT2D eigenvalue weighted by molar-refractivity contribution is 0.675. The van der Waals surface area contributed by atoms with Crippen molar-refractivity contribution in [2.75, 3.05) is 18.0 Å². The molecule has 1 aromatic heterocycles. The second kappa shape index (κ2) is 8.08. The molecule has 0 saturated heterocycles. The van der Waals surface area contributed by atoms with E-state index < -0.39 is 0 Å². The Kier molecular flexibility index (Phi) is 6.09. The molecule has 1 aromatic carbocycles. The maximum absolute atomic E-state index is 3.44. The number of hydrogen-bond acceptors (Lipinski definition) is 3. The molecule has 1 N–H and O–H groups in total. The van der Waals surface area contributed by atoms with E-state index in [1.54, 1.807) is 0 Å². The van der Waals surface area contributed by atoms with E-state index in [1.807, 2.05) is 11.3 Å². The summed E-state index contributed by atoms with van der Waals surface area (Å²) < 4.78 is 0. The first-order chi connectivity index (χ1) is 9.83. The highest BCUT2D eigenvalue weighted by Crippen LogP contribution is 2.20.